The number of hydrogen-bond donors (Lipinski definition) is 2. The second-order valence-corrected chi connectivity index (χ2v) is 5.61. The Kier molecular flexibility index (Phi) is 4.48. The number of carbonyl (C=O) groups is 2. The summed E-state index contributed by atoms with van der Waals surface area (Å²) in [5, 5.41) is 2.49. The van der Waals surface area contributed by atoms with Crippen LogP contribution < -0.4 is 15.8 Å². The maximum absolute atomic E-state index is 12.4. The summed E-state index contributed by atoms with van der Waals surface area (Å²) < 4.78 is 5.06. The summed E-state index contributed by atoms with van der Waals surface area (Å²) >= 11 is 0.917. The number of nitrogen functional groups attached to an aromatic ring is 1. The Hall–Kier alpha value is -3.26. The summed E-state index contributed by atoms with van der Waals surface area (Å²) in [6.45, 7) is 0. The number of carbonyl (C=O) groups excluding carboxylic acids is 2. The van der Waals surface area contributed by atoms with Gasteiger partial charge in [0.05, 0.1) is 11.9 Å². The van der Waals surface area contributed by atoms with E-state index in [9.17, 15) is 9.59 Å². The molecule has 24 heavy (non-hydrogen) atoms. The first kappa shape index (κ1) is 15.6. The molecule has 0 saturated carbocycles. The van der Waals surface area contributed by atoms with Crippen molar-refractivity contribution in [3.8, 4) is 5.19 Å². The normalized spacial score (nSPS) is 10.2. The predicted molar refractivity (Wildman–Crippen MR) is 90.3 cm³/mol. The quantitative estimate of drug-likeness (QED) is 0.707. The molecule has 0 aliphatic rings. The number of ether oxygens (including phenoxy) is 1. The number of nitrogens with two attached hydrogens (primary N) is 1. The van der Waals surface area contributed by atoms with Gasteiger partial charge >= 0.3 is 6.09 Å². The van der Waals surface area contributed by atoms with E-state index >= 15 is 0 Å². The fraction of sp³-hybridized carbons (Fsp3) is 0. The van der Waals surface area contributed by atoms with E-state index in [1.54, 1.807) is 42.6 Å². The lowest BCUT2D eigenvalue weighted by molar-refractivity contribution is 0.104. The minimum Gasteiger partial charge on any atom is -0.382 e. The van der Waals surface area contributed by atoms with Crippen molar-refractivity contribution in [3.05, 3.63) is 65.3 Å². The van der Waals surface area contributed by atoms with Crippen LogP contribution in [0.15, 0.2) is 54.9 Å². The number of benzene rings is 1. The third-order valence-electron chi connectivity index (χ3n) is 2.96. The molecule has 1 aromatic carbocycles. The van der Waals surface area contributed by atoms with Gasteiger partial charge in [0.15, 0.2) is 0 Å². The molecule has 2 aromatic heterocycles. The summed E-state index contributed by atoms with van der Waals surface area (Å²) in [6, 6.07) is 12.0. The number of rotatable bonds is 4. The molecule has 0 unspecified atom stereocenters. The Labute approximate surface area is 141 Å². The van der Waals surface area contributed by atoms with Crippen molar-refractivity contribution in [3.63, 3.8) is 0 Å². The van der Waals surface area contributed by atoms with Crippen LogP contribution in [-0.4, -0.2) is 21.8 Å². The molecule has 0 bridgehead atoms. The molecule has 0 aliphatic carbocycles. The third-order valence-corrected chi connectivity index (χ3v) is 3.91. The first-order valence-electron chi connectivity index (χ1n) is 6.88. The van der Waals surface area contributed by atoms with Crippen LogP contribution in [-0.2, 0) is 0 Å². The highest BCUT2D eigenvalue weighted by Crippen LogP contribution is 2.29. The molecule has 1 amide bonds. The monoisotopic (exact) mass is 340 g/mol. The molecular formula is C16H12N4O3S. The van der Waals surface area contributed by atoms with Gasteiger partial charge in [-0.3, -0.25) is 15.1 Å². The van der Waals surface area contributed by atoms with E-state index in [-0.39, 0.29) is 21.7 Å². The third kappa shape index (κ3) is 3.55. The maximum atomic E-state index is 12.4. The van der Waals surface area contributed by atoms with Crippen molar-refractivity contribution in [2.24, 2.45) is 0 Å². The highest BCUT2D eigenvalue weighted by Gasteiger charge is 2.20. The molecular weight excluding hydrogens is 328 g/mol. The second kappa shape index (κ2) is 6.88. The standard InChI is InChI=1S/C16H12N4O3S/c17-14-13(12(21)10-5-2-1-3-6-10)24-16(20-14)23-15(22)19-11-7-4-8-18-9-11/h1-9H,17H2,(H,19,22). The molecule has 120 valence electrons. The highest BCUT2D eigenvalue weighted by atomic mass is 32.1. The fourth-order valence-corrected chi connectivity index (χ4v) is 2.69. The first-order valence-corrected chi connectivity index (χ1v) is 7.70. The van der Waals surface area contributed by atoms with Crippen molar-refractivity contribution >= 4 is 34.7 Å². The minimum absolute atomic E-state index is 0.00632. The van der Waals surface area contributed by atoms with Crippen LogP contribution in [0.4, 0.5) is 16.3 Å². The molecule has 0 saturated heterocycles. The number of nitrogens with zero attached hydrogens (tertiary/aromatic N) is 2. The van der Waals surface area contributed by atoms with Gasteiger partial charge in [0.1, 0.15) is 10.7 Å². The fourth-order valence-electron chi connectivity index (χ4n) is 1.90. The molecule has 3 rings (SSSR count). The van der Waals surface area contributed by atoms with Crippen molar-refractivity contribution < 1.29 is 14.3 Å². The van der Waals surface area contributed by atoms with Crippen LogP contribution >= 0.6 is 11.3 Å². The number of aromatic nitrogens is 2. The highest BCUT2D eigenvalue weighted by molar-refractivity contribution is 7.16. The lowest BCUT2D eigenvalue weighted by atomic mass is 10.1. The van der Waals surface area contributed by atoms with E-state index in [1.807, 2.05) is 6.07 Å². The molecule has 7 nitrogen and oxygen atoms in total. The number of ketones is 1. The number of nitrogens with one attached hydrogen (secondary N) is 1. The molecule has 3 aromatic rings. The van der Waals surface area contributed by atoms with Gasteiger partial charge in [0.25, 0.3) is 5.19 Å². The molecule has 0 radical (unpaired) electrons. The van der Waals surface area contributed by atoms with E-state index in [0.29, 0.717) is 11.3 Å². The van der Waals surface area contributed by atoms with Gasteiger partial charge in [-0.2, -0.15) is 4.98 Å². The Morgan fingerprint density at radius 1 is 1.12 bits per heavy atom. The minimum atomic E-state index is -0.740. The van der Waals surface area contributed by atoms with Gasteiger partial charge in [0.2, 0.25) is 5.78 Å². The SMILES string of the molecule is Nc1nc(OC(=O)Nc2cccnc2)sc1C(=O)c1ccccc1. The van der Waals surface area contributed by atoms with Gasteiger partial charge in [-0.25, -0.2) is 4.79 Å². The number of pyridine rings is 1. The van der Waals surface area contributed by atoms with Crippen LogP contribution in [0.2, 0.25) is 0 Å². The van der Waals surface area contributed by atoms with E-state index in [2.05, 4.69) is 15.3 Å². The van der Waals surface area contributed by atoms with Gasteiger partial charge in [-0.15, -0.1) is 0 Å². The Balaban J connectivity index is 1.72. The molecule has 3 N–H and O–H groups in total. The number of anilines is 2. The Bertz CT molecular complexity index is 866. The predicted octanol–water partition coefficient (Wildman–Crippen LogP) is 2.96. The summed E-state index contributed by atoms with van der Waals surface area (Å²) in [7, 11) is 0. The van der Waals surface area contributed by atoms with Crippen LogP contribution in [0.5, 0.6) is 5.19 Å². The lowest BCUT2D eigenvalue weighted by Crippen LogP contribution is -2.16. The Morgan fingerprint density at radius 3 is 2.62 bits per heavy atom. The van der Waals surface area contributed by atoms with Gasteiger partial charge in [0, 0.05) is 11.8 Å². The average Bonchev–Trinajstić information content (AvgIpc) is 2.96. The van der Waals surface area contributed by atoms with Crippen LogP contribution in [0.25, 0.3) is 0 Å². The second-order valence-electron chi connectivity index (χ2n) is 4.65. The molecule has 2 heterocycles. The average molecular weight is 340 g/mol. The zero-order valence-corrected chi connectivity index (χ0v) is 13.1. The molecule has 0 aliphatic heterocycles. The van der Waals surface area contributed by atoms with Crippen molar-refractivity contribution in [2.75, 3.05) is 11.1 Å². The van der Waals surface area contributed by atoms with Gasteiger partial charge < -0.3 is 10.5 Å². The van der Waals surface area contributed by atoms with Crippen LogP contribution in [0.1, 0.15) is 15.2 Å². The van der Waals surface area contributed by atoms with Gasteiger partial charge in [-0.1, -0.05) is 41.7 Å². The smallest absolute Gasteiger partial charge is 0.382 e. The molecule has 8 heteroatoms. The summed E-state index contributed by atoms with van der Waals surface area (Å²) in [5.74, 6) is -0.244. The molecule has 0 fully saturated rings. The number of thiazole rings is 1. The topological polar surface area (TPSA) is 107 Å². The molecule has 0 spiro atoms. The van der Waals surface area contributed by atoms with Crippen LogP contribution in [0, 0.1) is 0 Å². The van der Waals surface area contributed by atoms with Crippen molar-refractivity contribution in [1.29, 1.82) is 0 Å². The van der Waals surface area contributed by atoms with E-state index in [1.165, 1.54) is 6.20 Å². The van der Waals surface area contributed by atoms with Crippen molar-refractivity contribution in [2.45, 2.75) is 0 Å². The summed E-state index contributed by atoms with van der Waals surface area (Å²) in [5.41, 5.74) is 6.73. The van der Waals surface area contributed by atoms with Crippen molar-refractivity contribution in [1.82, 2.24) is 9.97 Å². The summed E-state index contributed by atoms with van der Waals surface area (Å²) in [4.78, 5) is 32.2. The zero-order chi connectivity index (χ0) is 16.9. The van der Waals surface area contributed by atoms with Crippen LogP contribution in [0.3, 0.4) is 0 Å². The van der Waals surface area contributed by atoms with E-state index in [0.717, 1.165) is 11.3 Å². The Morgan fingerprint density at radius 2 is 1.92 bits per heavy atom. The number of amides is 1. The largest absolute Gasteiger partial charge is 0.419 e. The summed E-state index contributed by atoms with van der Waals surface area (Å²) in [6.07, 6.45) is 2.32. The number of hydrogen-bond acceptors (Lipinski definition) is 7. The first-order chi connectivity index (χ1) is 11.6. The molecule has 0 atom stereocenters. The van der Waals surface area contributed by atoms with E-state index < -0.39 is 6.09 Å². The maximum Gasteiger partial charge on any atom is 0.419 e. The lowest BCUT2D eigenvalue weighted by Gasteiger charge is -2.02. The zero-order valence-electron chi connectivity index (χ0n) is 12.3. The van der Waals surface area contributed by atoms with Gasteiger partial charge in [-0.05, 0) is 12.1 Å². The van der Waals surface area contributed by atoms with E-state index in [4.69, 9.17) is 10.5 Å².